The number of nitrogens with zero attached hydrogens (tertiary/aromatic N) is 2. The van der Waals surface area contributed by atoms with Crippen LogP contribution in [0.4, 0.5) is 17.1 Å². The first-order valence-electron chi connectivity index (χ1n) is 5.45. The molecule has 1 amide bonds. The van der Waals surface area contributed by atoms with Crippen LogP contribution in [0.1, 0.15) is 10.4 Å². The van der Waals surface area contributed by atoms with Gasteiger partial charge in [0.1, 0.15) is 0 Å². The van der Waals surface area contributed by atoms with E-state index in [9.17, 15) is 4.79 Å². The minimum Gasteiger partial charge on any atom is -0.397 e. The van der Waals surface area contributed by atoms with Gasteiger partial charge < -0.3 is 16.0 Å². The van der Waals surface area contributed by atoms with Crippen molar-refractivity contribution in [2.75, 3.05) is 30.0 Å². The highest BCUT2D eigenvalue weighted by atomic mass is 16.1. The summed E-state index contributed by atoms with van der Waals surface area (Å²) in [6.45, 7) is 0. The lowest BCUT2D eigenvalue weighted by Gasteiger charge is -2.15. The molecule has 0 aliphatic carbocycles. The van der Waals surface area contributed by atoms with E-state index in [4.69, 9.17) is 5.73 Å². The van der Waals surface area contributed by atoms with Crippen molar-refractivity contribution in [1.29, 1.82) is 0 Å². The van der Waals surface area contributed by atoms with Crippen LogP contribution in [0.25, 0.3) is 0 Å². The number of nitrogens with one attached hydrogen (secondary N) is 2. The zero-order valence-electron chi connectivity index (χ0n) is 10.3. The fourth-order valence-electron chi connectivity index (χ4n) is 1.63. The molecule has 0 saturated carbocycles. The van der Waals surface area contributed by atoms with Gasteiger partial charge in [-0.1, -0.05) is 0 Å². The third-order valence-electron chi connectivity index (χ3n) is 2.53. The number of anilines is 3. The minimum atomic E-state index is -0.214. The molecule has 0 bridgehead atoms. The second-order valence-electron chi connectivity index (χ2n) is 4.11. The lowest BCUT2D eigenvalue weighted by molar-refractivity contribution is 0.102. The van der Waals surface area contributed by atoms with E-state index in [1.807, 2.05) is 25.1 Å². The third kappa shape index (κ3) is 2.42. The summed E-state index contributed by atoms with van der Waals surface area (Å²) >= 11 is 0. The fourth-order valence-corrected chi connectivity index (χ4v) is 1.63. The number of aromatic nitrogens is 2. The number of nitrogen functional groups attached to an aromatic ring is 1. The number of aromatic amines is 1. The largest absolute Gasteiger partial charge is 0.397 e. The summed E-state index contributed by atoms with van der Waals surface area (Å²) in [5.41, 5.74) is 8.48. The molecule has 1 heterocycles. The van der Waals surface area contributed by atoms with Crippen molar-refractivity contribution >= 4 is 23.0 Å². The molecule has 0 unspecified atom stereocenters. The maximum Gasteiger partial charge on any atom is 0.255 e. The highest BCUT2D eigenvalue weighted by molar-refractivity contribution is 6.05. The molecule has 18 heavy (non-hydrogen) atoms. The maximum absolute atomic E-state index is 11.9. The van der Waals surface area contributed by atoms with E-state index in [2.05, 4.69) is 15.5 Å². The summed E-state index contributed by atoms with van der Waals surface area (Å²) in [4.78, 5) is 13.8. The zero-order chi connectivity index (χ0) is 13.1. The molecular formula is C12H15N5O. The molecule has 0 saturated heterocycles. The van der Waals surface area contributed by atoms with Crippen molar-refractivity contribution in [3.63, 3.8) is 0 Å². The number of H-pyrrole nitrogens is 1. The van der Waals surface area contributed by atoms with Crippen molar-refractivity contribution in [3.8, 4) is 0 Å². The standard InChI is InChI=1S/C12H15N5O/c1-17(2)11-4-3-8(5-10(11)13)12(18)16-9-6-14-15-7-9/h3-7H,13H2,1-2H3,(H,14,15)(H,16,18). The van der Waals surface area contributed by atoms with Crippen LogP contribution in [0, 0.1) is 0 Å². The van der Waals surface area contributed by atoms with Crippen LogP contribution < -0.4 is 16.0 Å². The Morgan fingerprint density at radius 1 is 1.44 bits per heavy atom. The Morgan fingerprint density at radius 2 is 2.22 bits per heavy atom. The monoisotopic (exact) mass is 245 g/mol. The topological polar surface area (TPSA) is 87.0 Å². The van der Waals surface area contributed by atoms with Gasteiger partial charge in [0, 0.05) is 25.9 Å². The van der Waals surface area contributed by atoms with Gasteiger partial charge in [0.15, 0.2) is 0 Å². The Balaban J connectivity index is 2.19. The van der Waals surface area contributed by atoms with Crippen molar-refractivity contribution in [1.82, 2.24) is 10.2 Å². The normalized spacial score (nSPS) is 10.1. The second-order valence-corrected chi connectivity index (χ2v) is 4.11. The van der Waals surface area contributed by atoms with E-state index in [0.717, 1.165) is 5.69 Å². The first kappa shape index (κ1) is 12.0. The Bertz CT molecular complexity index is 548. The summed E-state index contributed by atoms with van der Waals surface area (Å²) in [7, 11) is 3.80. The van der Waals surface area contributed by atoms with E-state index in [1.54, 1.807) is 18.3 Å². The predicted octanol–water partition coefficient (Wildman–Crippen LogP) is 1.31. The SMILES string of the molecule is CN(C)c1ccc(C(=O)Nc2cn[nH]c2)cc1N. The van der Waals surface area contributed by atoms with Gasteiger partial charge in [0.25, 0.3) is 5.91 Å². The van der Waals surface area contributed by atoms with Crippen LogP contribution in [-0.4, -0.2) is 30.2 Å². The number of amides is 1. The van der Waals surface area contributed by atoms with Crippen LogP contribution in [-0.2, 0) is 0 Å². The molecule has 0 radical (unpaired) electrons. The molecule has 0 aliphatic heterocycles. The van der Waals surface area contributed by atoms with Gasteiger partial charge in [0.05, 0.1) is 23.3 Å². The molecule has 0 spiro atoms. The quantitative estimate of drug-likeness (QED) is 0.711. The van der Waals surface area contributed by atoms with E-state index in [1.165, 1.54) is 6.20 Å². The van der Waals surface area contributed by atoms with Gasteiger partial charge in [-0.3, -0.25) is 9.89 Å². The number of hydrogen-bond acceptors (Lipinski definition) is 4. The Morgan fingerprint density at radius 3 is 2.78 bits per heavy atom. The Hall–Kier alpha value is -2.50. The minimum absolute atomic E-state index is 0.214. The summed E-state index contributed by atoms with van der Waals surface area (Å²) in [6.07, 6.45) is 3.14. The molecule has 0 fully saturated rings. The van der Waals surface area contributed by atoms with Crippen molar-refractivity contribution in [3.05, 3.63) is 36.2 Å². The van der Waals surface area contributed by atoms with Crippen LogP contribution in [0.3, 0.4) is 0 Å². The van der Waals surface area contributed by atoms with Crippen LogP contribution in [0.15, 0.2) is 30.6 Å². The molecule has 0 aliphatic rings. The molecule has 6 heteroatoms. The molecule has 1 aromatic carbocycles. The smallest absolute Gasteiger partial charge is 0.255 e. The summed E-state index contributed by atoms with van der Waals surface area (Å²) in [6, 6.07) is 5.21. The van der Waals surface area contributed by atoms with Gasteiger partial charge in [-0.05, 0) is 18.2 Å². The molecule has 4 N–H and O–H groups in total. The average Bonchev–Trinajstić information content (AvgIpc) is 2.81. The van der Waals surface area contributed by atoms with Crippen LogP contribution in [0.5, 0.6) is 0 Å². The molecular weight excluding hydrogens is 230 g/mol. The van der Waals surface area contributed by atoms with Gasteiger partial charge in [-0.25, -0.2) is 0 Å². The highest BCUT2D eigenvalue weighted by Crippen LogP contribution is 2.22. The highest BCUT2D eigenvalue weighted by Gasteiger charge is 2.09. The Kier molecular flexibility index (Phi) is 3.18. The first-order valence-corrected chi connectivity index (χ1v) is 5.45. The summed E-state index contributed by atoms with van der Waals surface area (Å²) in [5.74, 6) is -0.214. The van der Waals surface area contributed by atoms with Crippen molar-refractivity contribution < 1.29 is 4.79 Å². The average molecular weight is 245 g/mol. The lowest BCUT2D eigenvalue weighted by Crippen LogP contribution is -2.14. The van der Waals surface area contributed by atoms with Crippen molar-refractivity contribution in [2.45, 2.75) is 0 Å². The fraction of sp³-hybridized carbons (Fsp3) is 0.167. The maximum atomic E-state index is 11.9. The lowest BCUT2D eigenvalue weighted by atomic mass is 10.1. The number of nitrogens with two attached hydrogens (primary N) is 1. The second kappa shape index (κ2) is 4.79. The van der Waals surface area contributed by atoms with Gasteiger partial charge in [-0.15, -0.1) is 0 Å². The molecule has 94 valence electrons. The zero-order valence-corrected chi connectivity index (χ0v) is 10.3. The third-order valence-corrected chi connectivity index (χ3v) is 2.53. The number of carbonyl (C=O) groups excluding carboxylic acids is 1. The van der Waals surface area contributed by atoms with E-state index < -0.39 is 0 Å². The predicted molar refractivity (Wildman–Crippen MR) is 71.7 cm³/mol. The van der Waals surface area contributed by atoms with E-state index in [-0.39, 0.29) is 5.91 Å². The number of hydrogen-bond donors (Lipinski definition) is 3. The number of benzene rings is 1. The van der Waals surface area contributed by atoms with Gasteiger partial charge in [0.2, 0.25) is 0 Å². The first-order chi connectivity index (χ1) is 8.58. The molecule has 2 rings (SSSR count). The number of rotatable bonds is 3. The number of carbonyl (C=O) groups is 1. The van der Waals surface area contributed by atoms with E-state index in [0.29, 0.717) is 16.9 Å². The van der Waals surface area contributed by atoms with Crippen LogP contribution >= 0.6 is 0 Å². The summed E-state index contributed by atoms with van der Waals surface area (Å²) < 4.78 is 0. The molecule has 6 nitrogen and oxygen atoms in total. The molecule has 0 atom stereocenters. The van der Waals surface area contributed by atoms with Gasteiger partial charge >= 0.3 is 0 Å². The van der Waals surface area contributed by atoms with Crippen molar-refractivity contribution in [2.24, 2.45) is 0 Å². The Labute approximate surface area is 105 Å². The molecule has 2 aromatic rings. The van der Waals surface area contributed by atoms with Gasteiger partial charge in [-0.2, -0.15) is 5.10 Å². The van der Waals surface area contributed by atoms with Crippen LogP contribution in [0.2, 0.25) is 0 Å². The summed E-state index contributed by atoms with van der Waals surface area (Å²) in [5, 5.41) is 9.09. The molecule has 1 aromatic heterocycles. The van der Waals surface area contributed by atoms with E-state index >= 15 is 0 Å².